The highest BCUT2D eigenvalue weighted by atomic mass is 16.2. The van der Waals surface area contributed by atoms with Crippen molar-refractivity contribution in [3.05, 3.63) is 29.8 Å². The van der Waals surface area contributed by atoms with Gasteiger partial charge in [-0.2, -0.15) is 0 Å². The van der Waals surface area contributed by atoms with Gasteiger partial charge in [0.15, 0.2) is 0 Å². The smallest absolute Gasteiger partial charge is 0.253 e. The summed E-state index contributed by atoms with van der Waals surface area (Å²) in [5, 5.41) is 3.02. The molecule has 0 aliphatic rings. The van der Waals surface area contributed by atoms with E-state index in [9.17, 15) is 4.79 Å². The van der Waals surface area contributed by atoms with Gasteiger partial charge in [0.1, 0.15) is 0 Å². The van der Waals surface area contributed by atoms with Crippen molar-refractivity contribution in [2.24, 2.45) is 0 Å². The Hall–Kier alpha value is -1.95. The molecule has 0 saturated heterocycles. The molecule has 1 aromatic rings. The van der Waals surface area contributed by atoms with Crippen LogP contribution in [0.4, 0.5) is 5.69 Å². The third-order valence-corrected chi connectivity index (χ3v) is 1.91. The SMILES string of the molecule is C#CCNc1cccc(C(=O)N(C)C)c1. The number of hydrogen-bond donors (Lipinski definition) is 1. The molecule has 0 aliphatic heterocycles. The van der Waals surface area contributed by atoms with Crippen LogP contribution in [-0.2, 0) is 0 Å². The standard InChI is InChI=1S/C12H14N2O/c1-4-8-13-11-7-5-6-10(9-11)12(15)14(2)3/h1,5-7,9,13H,8H2,2-3H3. The molecule has 0 unspecified atom stereocenters. The third kappa shape index (κ3) is 3.03. The highest BCUT2D eigenvalue weighted by Crippen LogP contribution is 2.11. The zero-order valence-corrected chi connectivity index (χ0v) is 8.95. The maximum atomic E-state index is 11.6. The summed E-state index contributed by atoms with van der Waals surface area (Å²) in [6.45, 7) is 0.458. The van der Waals surface area contributed by atoms with E-state index in [1.807, 2.05) is 12.1 Å². The van der Waals surface area contributed by atoms with Gasteiger partial charge in [-0.15, -0.1) is 6.42 Å². The zero-order valence-electron chi connectivity index (χ0n) is 8.95. The van der Waals surface area contributed by atoms with Crippen molar-refractivity contribution in [2.45, 2.75) is 0 Å². The molecule has 0 heterocycles. The van der Waals surface area contributed by atoms with Crippen LogP contribution in [0.15, 0.2) is 24.3 Å². The van der Waals surface area contributed by atoms with Gasteiger partial charge in [-0.05, 0) is 18.2 Å². The van der Waals surface area contributed by atoms with Gasteiger partial charge < -0.3 is 10.2 Å². The highest BCUT2D eigenvalue weighted by molar-refractivity contribution is 5.94. The van der Waals surface area contributed by atoms with Crippen LogP contribution in [0.2, 0.25) is 0 Å². The summed E-state index contributed by atoms with van der Waals surface area (Å²) in [5.74, 6) is 2.47. The van der Waals surface area contributed by atoms with Crippen LogP contribution < -0.4 is 5.32 Å². The number of hydrogen-bond acceptors (Lipinski definition) is 2. The number of benzene rings is 1. The molecule has 1 amide bonds. The second-order valence-corrected chi connectivity index (χ2v) is 3.34. The van der Waals surface area contributed by atoms with E-state index in [4.69, 9.17) is 6.42 Å². The molecule has 0 bridgehead atoms. The average Bonchev–Trinajstić information content (AvgIpc) is 2.25. The van der Waals surface area contributed by atoms with E-state index >= 15 is 0 Å². The van der Waals surface area contributed by atoms with E-state index in [1.54, 1.807) is 31.1 Å². The molecule has 0 spiro atoms. The number of nitrogens with one attached hydrogen (secondary N) is 1. The van der Waals surface area contributed by atoms with Crippen molar-refractivity contribution in [2.75, 3.05) is 26.0 Å². The Morgan fingerprint density at radius 1 is 1.53 bits per heavy atom. The van der Waals surface area contributed by atoms with Gasteiger partial charge in [-0.1, -0.05) is 12.0 Å². The van der Waals surface area contributed by atoms with Crippen molar-refractivity contribution in [3.63, 3.8) is 0 Å². The molecular formula is C12H14N2O. The van der Waals surface area contributed by atoms with E-state index in [-0.39, 0.29) is 5.91 Å². The number of amides is 1. The van der Waals surface area contributed by atoms with Crippen LogP contribution in [0.25, 0.3) is 0 Å². The van der Waals surface area contributed by atoms with E-state index in [1.165, 1.54) is 0 Å². The molecule has 1 rings (SSSR count). The fraction of sp³-hybridized carbons (Fsp3) is 0.250. The molecule has 3 heteroatoms. The fourth-order valence-electron chi connectivity index (χ4n) is 1.17. The van der Waals surface area contributed by atoms with Crippen molar-refractivity contribution in [1.82, 2.24) is 4.90 Å². The molecule has 78 valence electrons. The average molecular weight is 202 g/mol. The number of terminal acetylenes is 1. The second-order valence-electron chi connectivity index (χ2n) is 3.34. The van der Waals surface area contributed by atoms with Gasteiger partial charge in [0.25, 0.3) is 5.91 Å². The molecule has 1 aromatic carbocycles. The molecule has 0 fully saturated rings. The molecule has 3 nitrogen and oxygen atoms in total. The monoisotopic (exact) mass is 202 g/mol. The first-order valence-corrected chi connectivity index (χ1v) is 4.64. The van der Waals surface area contributed by atoms with Gasteiger partial charge in [0.2, 0.25) is 0 Å². The molecular weight excluding hydrogens is 188 g/mol. The van der Waals surface area contributed by atoms with Gasteiger partial charge in [0, 0.05) is 25.3 Å². The first-order valence-electron chi connectivity index (χ1n) is 4.64. The summed E-state index contributed by atoms with van der Waals surface area (Å²) in [4.78, 5) is 13.2. The Labute approximate surface area is 90.1 Å². The lowest BCUT2D eigenvalue weighted by atomic mass is 10.2. The molecule has 0 atom stereocenters. The topological polar surface area (TPSA) is 32.3 Å². The minimum Gasteiger partial charge on any atom is -0.374 e. The normalized spacial score (nSPS) is 9.13. The molecule has 0 radical (unpaired) electrons. The zero-order chi connectivity index (χ0) is 11.3. The van der Waals surface area contributed by atoms with Crippen LogP contribution in [0.3, 0.4) is 0 Å². The van der Waals surface area contributed by atoms with Crippen LogP contribution in [0.1, 0.15) is 10.4 Å². The predicted molar refractivity (Wildman–Crippen MR) is 61.8 cm³/mol. The number of nitrogens with zero attached hydrogens (tertiary/aromatic N) is 1. The lowest BCUT2D eigenvalue weighted by Gasteiger charge is -2.11. The fourth-order valence-corrected chi connectivity index (χ4v) is 1.17. The summed E-state index contributed by atoms with van der Waals surface area (Å²) in [6, 6.07) is 7.28. The first kappa shape index (κ1) is 11.1. The molecule has 1 N–H and O–H groups in total. The number of rotatable bonds is 3. The summed E-state index contributed by atoms with van der Waals surface area (Å²) < 4.78 is 0. The number of carbonyl (C=O) groups excluding carboxylic acids is 1. The molecule has 15 heavy (non-hydrogen) atoms. The maximum absolute atomic E-state index is 11.6. The summed E-state index contributed by atoms with van der Waals surface area (Å²) in [6.07, 6.45) is 5.13. The second kappa shape index (κ2) is 5.06. The van der Waals surface area contributed by atoms with Crippen molar-refractivity contribution < 1.29 is 4.79 Å². The van der Waals surface area contributed by atoms with Crippen LogP contribution in [-0.4, -0.2) is 31.4 Å². The number of anilines is 1. The highest BCUT2D eigenvalue weighted by Gasteiger charge is 2.07. The largest absolute Gasteiger partial charge is 0.374 e. The molecule has 0 saturated carbocycles. The van der Waals surface area contributed by atoms with Gasteiger partial charge in [0.05, 0.1) is 6.54 Å². The minimum atomic E-state index is -0.0145. The Bertz CT molecular complexity index is 391. The van der Waals surface area contributed by atoms with E-state index in [0.717, 1.165) is 5.69 Å². The van der Waals surface area contributed by atoms with E-state index in [2.05, 4.69) is 11.2 Å². The molecule has 0 aliphatic carbocycles. The van der Waals surface area contributed by atoms with Crippen molar-refractivity contribution in [1.29, 1.82) is 0 Å². The Kier molecular flexibility index (Phi) is 3.75. The van der Waals surface area contributed by atoms with Gasteiger partial charge >= 0.3 is 0 Å². The Morgan fingerprint density at radius 3 is 2.87 bits per heavy atom. The van der Waals surface area contributed by atoms with E-state index < -0.39 is 0 Å². The summed E-state index contributed by atoms with van der Waals surface area (Å²) >= 11 is 0. The van der Waals surface area contributed by atoms with Crippen molar-refractivity contribution >= 4 is 11.6 Å². The van der Waals surface area contributed by atoms with Crippen LogP contribution in [0, 0.1) is 12.3 Å². The van der Waals surface area contributed by atoms with E-state index in [0.29, 0.717) is 12.1 Å². The predicted octanol–water partition coefficient (Wildman–Crippen LogP) is 1.43. The molecule has 0 aromatic heterocycles. The van der Waals surface area contributed by atoms with Gasteiger partial charge in [-0.3, -0.25) is 4.79 Å². The number of carbonyl (C=O) groups is 1. The first-order chi connectivity index (χ1) is 7.15. The van der Waals surface area contributed by atoms with Crippen LogP contribution >= 0.6 is 0 Å². The third-order valence-electron chi connectivity index (χ3n) is 1.91. The summed E-state index contributed by atoms with van der Waals surface area (Å²) in [5.41, 5.74) is 1.52. The van der Waals surface area contributed by atoms with Crippen molar-refractivity contribution in [3.8, 4) is 12.3 Å². The minimum absolute atomic E-state index is 0.0145. The van der Waals surface area contributed by atoms with Gasteiger partial charge in [-0.25, -0.2) is 0 Å². The van der Waals surface area contributed by atoms with Crippen LogP contribution in [0.5, 0.6) is 0 Å². The Morgan fingerprint density at radius 2 is 2.27 bits per heavy atom. The lowest BCUT2D eigenvalue weighted by molar-refractivity contribution is 0.0827. The Balaban J connectivity index is 2.83. The summed E-state index contributed by atoms with van der Waals surface area (Å²) in [7, 11) is 3.45. The maximum Gasteiger partial charge on any atom is 0.253 e. The quantitative estimate of drug-likeness (QED) is 0.752. The lowest BCUT2D eigenvalue weighted by Crippen LogP contribution is -2.21.